The summed E-state index contributed by atoms with van der Waals surface area (Å²) in [5.41, 5.74) is 0.188. The van der Waals surface area contributed by atoms with Crippen LogP contribution < -0.4 is 10.6 Å². The molecule has 3 rings (SSSR count). The zero-order valence-electron chi connectivity index (χ0n) is 13.6. The summed E-state index contributed by atoms with van der Waals surface area (Å²) in [4.78, 5) is 24.3. The molecule has 0 aromatic carbocycles. The molecule has 0 saturated heterocycles. The molecular formula is C17H17FN6O. The van der Waals surface area contributed by atoms with Gasteiger partial charge in [-0.15, -0.1) is 0 Å². The summed E-state index contributed by atoms with van der Waals surface area (Å²) >= 11 is 0. The van der Waals surface area contributed by atoms with Crippen LogP contribution in [-0.2, 0) is 0 Å². The Morgan fingerprint density at radius 1 is 1.16 bits per heavy atom. The number of aromatic nitrogens is 4. The zero-order valence-corrected chi connectivity index (χ0v) is 13.6. The van der Waals surface area contributed by atoms with Crippen LogP contribution in [0.3, 0.4) is 0 Å². The maximum Gasteiger partial charge on any atom is 0.253 e. The second-order valence-electron chi connectivity index (χ2n) is 5.32. The molecule has 0 spiro atoms. The topological polar surface area (TPSA) is 84.7 Å². The molecule has 7 nitrogen and oxygen atoms in total. The largest absolute Gasteiger partial charge is 0.368 e. The minimum absolute atomic E-state index is 0.188. The van der Waals surface area contributed by atoms with E-state index < -0.39 is 5.82 Å². The smallest absolute Gasteiger partial charge is 0.253 e. The molecule has 1 amide bonds. The van der Waals surface area contributed by atoms with Crippen molar-refractivity contribution in [1.82, 2.24) is 24.8 Å². The van der Waals surface area contributed by atoms with Crippen LogP contribution in [0.15, 0.2) is 49.1 Å². The first kappa shape index (κ1) is 16.6. The highest BCUT2D eigenvalue weighted by molar-refractivity contribution is 5.93. The maximum absolute atomic E-state index is 13.1. The summed E-state index contributed by atoms with van der Waals surface area (Å²) in [6, 6.07) is 6.81. The van der Waals surface area contributed by atoms with Crippen molar-refractivity contribution in [2.45, 2.75) is 6.92 Å². The van der Waals surface area contributed by atoms with Crippen LogP contribution in [0.4, 0.5) is 10.2 Å². The van der Waals surface area contributed by atoms with Gasteiger partial charge in [-0.1, -0.05) is 0 Å². The fraction of sp³-hybridized carbons (Fsp3) is 0.176. The Bertz CT molecular complexity index is 865. The first-order valence-corrected chi connectivity index (χ1v) is 7.73. The minimum Gasteiger partial charge on any atom is -0.368 e. The summed E-state index contributed by atoms with van der Waals surface area (Å²) in [5, 5.41) is 5.83. The Balaban J connectivity index is 1.55. The van der Waals surface area contributed by atoms with Gasteiger partial charge in [-0.3, -0.25) is 9.78 Å². The van der Waals surface area contributed by atoms with Crippen LogP contribution in [-0.4, -0.2) is 38.5 Å². The van der Waals surface area contributed by atoms with Crippen LogP contribution in [0.5, 0.6) is 0 Å². The predicted molar refractivity (Wildman–Crippen MR) is 91.1 cm³/mol. The predicted octanol–water partition coefficient (Wildman–Crippen LogP) is 1.95. The fourth-order valence-electron chi connectivity index (χ4n) is 2.27. The fourth-order valence-corrected chi connectivity index (χ4v) is 2.27. The van der Waals surface area contributed by atoms with Crippen LogP contribution in [0.2, 0.25) is 0 Å². The lowest BCUT2D eigenvalue weighted by atomic mass is 10.2. The van der Waals surface area contributed by atoms with E-state index in [-0.39, 0.29) is 11.5 Å². The molecule has 3 aromatic rings. The van der Waals surface area contributed by atoms with Crippen molar-refractivity contribution >= 4 is 11.7 Å². The van der Waals surface area contributed by atoms with Gasteiger partial charge in [0.15, 0.2) is 0 Å². The Kier molecular flexibility index (Phi) is 4.98. The zero-order chi connectivity index (χ0) is 17.6. The van der Waals surface area contributed by atoms with Gasteiger partial charge < -0.3 is 15.2 Å². The van der Waals surface area contributed by atoms with E-state index in [4.69, 9.17) is 0 Å². The molecule has 25 heavy (non-hydrogen) atoms. The van der Waals surface area contributed by atoms with Gasteiger partial charge in [0.25, 0.3) is 5.91 Å². The lowest BCUT2D eigenvalue weighted by molar-refractivity contribution is 0.0954. The molecular weight excluding hydrogens is 323 g/mol. The van der Waals surface area contributed by atoms with Gasteiger partial charge in [-0.05, 0) is 25.1 Å². The number of rotatable bonds is 6. The number of hydrogen-bond donors (Lipinski definition) is 2. The number of anilines is 1. The van der Waals surface area contributed by atoms with E-state index in [1.165, 1.54) is 6.20 Å². The summed E-state index contributed by atoms with van der Waals surface area (Å²) in [6.07, 6.45) is 6.18. The summed E-state index contributed by atoms with van der Waals surface area (Å²) in [5.74, 6) is 1.15. The molecule has 0 saturated carbocycles. The third-order valence-electron chi connectivity index (χ3n) is 3.38. The number of hydrogen-bond acceptors (Lipinski definition) is 5. The third-order valence-corrected chi connectivity index (χ3v) is 3.38. The number of carbonyl (C=O) groups excluding carboxylic acids is 1. The number of pyridine rings is 1. The van der Waals surface area contributed by atoms with E-state index in [0.717, 1.165) is 18.1 Å². The van der Waals surface area contributed by atoms with Gasteiger partial charge in [-0.25, -0.2) is 14.4 Å². The Hall–Kier alpha value is -3.29. The van der Waals surface area contributed by atoms with E-state index in [1.54, 1.807) is 0 Å². The van der Waals surface area contributed by atoms with E-state index >= 15 is 0 Å². The van der Waals surface area contributed by atoms with Gasteiger partial charge in [0, 0.05) is 37.7 Å². The van der Waals surface area contributed by atoms with Crippen molar-refractivity contribution in [2.24, 2.45) is 0 Å². The monoisotopic (exact) mass is 340 g/mol. The lowest BCUT2D eigenvalue weighted by Crippen LogP contribution is -2.29. The number of nitrogens with one attached hydrogen (secondary N) is 2. The average Bonchev–Trinajstić information content (AvgIpc) is 3.13. The molecule has 0 fully saturated rings. The van der Waals surface area contributed by atoms with Crippen molar-refractivity contribution in [1.29, 1.82) is 0 Å². The Morgan fingerprint density at radius 2 is 1.96 bits per heavy atom. The molecule has 0 aliphatic heterocycles. The van der Waals surface area contributed by atoms with Crippen LogP contribution in [0.1, 0.15) is 16.2 Å². The van der Waals surface area contributed by atoms with E-state index in [1.807, 2.05) is 42.1 Å². The number of nitrogens with zero attached hydrogens (tertiary/aromatic N) is 4. The number of aryl methyl sites for hydroxylation is 1. The van der Waals surface area contributed by atoms with Crippen molar-refractivity contribution in [3.63, 3.8) is 0 Å². The second kappa shape index (κ2) is 7.52. The summed E-state index contributed by atoms with van der Waals surface area (Å²) in [7, 11) is 0. The van der Waals surface area contributed by atoms with Crippen molar-refractivity contribution < 1.29 is 9.18 Å². The molecule has 0 aliphatic carbocycles. The highest BCUT2D eigenvalue weighted by Crippen LogP contribution is 2.11. The molecule has 2 N–H and O–H groups in total. The lowest BCUT2D eigenvalue weighted by Gasteiger charge is -2.10. The molecule has 0 atom stereocenters. The normalized spacial score (nSPS) is 10.5. The number of halogens is 1. The maximum atomic E-state index is 13.1. The average molecular weight is 340 g/mol. The molecule has 3 heterocycles. The minimum atomic E-state index is -0.542. The van der Waals surface area contributed by atoms with Crippen LogP contribution in [0, 0.1) is 12.7 Å². The SMILES string of the molecule is Cc1nc(NCCNC(=O)c2cncc(F)c2)cc(-n2cccc2)n1. The molecule has 128 valence electrons. The first-order chi connectivity index (χ1) is 12.1. The molecule has 0 aliphatic rings. The molecule has 0 radical (unpaired) electrons. The van der Waals surface area contributed by atoms with Crippen LogP contribution in [0.25, 0.3) is 5.82 Å². The molecule has 0 bridgehead atoms. The van der Waals surface area contributed by atoms with Gasteiger partial charge in [0.05, 0.1) is 11.8 Å². The third kappa shape index (κ3) is 4.37. The van der Waals surface area contributed by atoms with Crippen molar-refractivity contribution in [3.8, 4) is 5.82 Å². The quantitative estimate of drug-likeness (QED) is 0.670. The van der Waals surface area contributed by atoms with E-state index in [9.17, 15) is 9.18 Å². The molecule has 3 aromatic heterocycles. The van der Waals surface area contributed by atoms with E-state index in [2.05, 4.69) is 25.6 Å². The number of carbonyl (C=O) groups is 1. The van der Waals surface area contributed by atoms with Crippen molar-refractivity contribution in [2.75, 3.05) is 18.4 Å². The van der Waals surface area contributed by atoms with E-state index in [0.29, 0.717) is 24.7 Å². The van der Waals surface area contributed by atoms with Gasteiger partial charge in [0.1, 0.15) is 23.3 Å². The Labute approximate surface area is 144 Å². The van der Waals surface area contributed by atoms with Gasteiger partial charge in [0.2, 0.25) is 0 Å². The highest BCUT2D eigenvalue weighted by Gasteiger charge is 2.07. The number of amides is 1. The van der Waals surface area contributed by atoms with Crippen LogP contribution >= 0.6 is 0 Å². The highest BCUT2D eigenvalue weighted by atomic mass is 19.1. The first-order valence-electron chi connectivity index (χ1n) is 7.73. The molecule has 8 heteroatoms. The van der Waals surface area contributed by atoms with Gasteiger partial charge in [-0.2, -0.15) is 0 Å². The second-order valence-corrected chi connectivity index (χ2v) is 5.32. The Morgan fingerprint density at radius 3 is 2.72 bits per heavy atom. The summed E-state index contributed by atoms with van der Waals surface area (Å²) in [6.45, 7) is 2.64. The standard InChI is InChI=1S/C17H17FN6O/c1-12-22-15(9-16(23-12)24-6-2-3-7-24)20-4-5-21-17(25)13-8-14(18)11-19-10-13/h2-3,6-11H,4-5H2,1H3,(H,21,25)(H,20,22,23). The van der Waals surface area contributed by atoms with Gasteiger partial charge >= 0.3 is 0 Å². The molecule has 0 unspecified atom stereocenters. The van der Waals surface area contributed by atoms with Crippen molar-refractivity contribution in [3.05, 3.63) is 66.3 Å². The summed E-state index contributed by atoms with van der Waals surface area (Å²) < 4.78 is 14.9.